The Labute approximate surface area is 129 Å². The number of hydrogen-bond donors (Lipinski definition) is 1. The highest BCUT2D eigenvalue weighted by molar-refractivity contribution is 6.05. The molecule has 1 aromatic rings. The van der Waals surface area contributed by atoms with Gasteiger partial charge in [0.25, 0.3) is 0 Å². The molecule has 1 fully saturated rings. The van der Waals surface area contributed by atoms with Crippen LogP contribution in [0, 0.1) is 5.92 Å². The molecule has 0 bridgehead atoms. The number of esters is 1. The molecule has 2 rings (SSSR count). The summed E-state index contributed by atoms with van der Waals surface area (Å²) in [7, 11) is 1.27. The largest absolute Gasteiger partial charge is 0.468 e. The first-order valence-corrected chi connectivity index (χ1v) is 7.17. The van der Waals surface area contributed by atoms with Crippen molar-refractivity contribution in [3.63, 3.8) is 0 Å². The number of ketones is 2. The minimum atomic E-state index is -0.831. The minimum Gasteiger partial charge on any atom is -0.468 e. The van der Waals surface area contributed by atoms with Gasteiger partial charge < -0.3 is 10.1 Å². The molecule has 1 heterocycles. The Morgan fingerprint density at radius 2 is 1.95 bits per heavy atom. The van der Waals surface area contributed by atoms with E-state index in [0.717, 1.165) is 5.70 Å². The summed E-state index contributed by atoms with van der Waals surface area (Å²) in [5, 5.41) is 3.11. The van der Waals surface area contributed by atoms with Gasteiger partial charge in [-0.1, -0.05) is 30.3 Å². The molecule has 0 radical (unpaired) electrons. The van der Waals surface area contributed by atoms with Crippen LogP contribution in [0.1, 0.15) is 30.1 Å². The lowest BCUT2D eigenvalue weighted by Gasteiger charge is -2.19. The van der Waals surface area contributed by atoms with Crippen molar-refractivity contribution < 1.29 is 19.1 Å². The predicted molar refractivity (Wildman–Crippen MR) is 81.2 cm³/mol. The summed E-state index contributed by atoms with van der Waals surface area (Å²) in [5.74, 6) is -1.70. The molecule has 0 saturated carbocycles. The zero-order valence-corrected chi connectivity index (χ0v) is 12.7. The maximum absolute atomic E-state index is 12.1. The molecule has 0 aromatic heterocycles. The lowest BCUT2D eigenvalue weighted by molar-refractivity contribution is -0.149. The summed E-state index contributed by atoms with van der Waals surface area (Å²) < 4.78 is 4.69. The fourth-order valence-electron chi connectivity index (χ4n) is 2.64. The normalized spacial score (nSPS) is 20.3. The summed E-state index contributed by atoms with van der Waals surface area (Å²) in [6.07, 6.45) is 2.78. The molecule has 5 nitrogen and oxygen atoms in total. The number of Topliss-reactive ketones (excluding diaryl/α,β-unsaturated/α-hetero) is 1. The van der Waals surface area contributed by atoms with Crippen molar-refractivity contribution in [3.8, 4) is 0 Å². The van der Waals surface area contributed by atoms with E-state index >= 15 is 0 Å². The molecule has 1 aliphatic rings. The molecule has 2 atom stereocenters. The Bertz CT molecular complexity index is 606. The molecule has 5 heteroatoms. The average Bonchev–Trinajstić information content (AvgIpc) is 2.95. The Balaban J connectivity index is 2.08. The molecule has 2 unspecified atom stereocenters. The molecule has 116 valence electrons. The smallest absolute Gasteiger partial charge is 0.318 e. The third-order valence-corrected chi connectivity index (χ3v) is 3.75. The first-order chi connectivity index (χ1) is 10.5. The topological polar surface area (TPSA) is 72.5 Å². The van der Waals surface area contributed by atoms with E-state index in [9.17, 15) is 14.4 Å². The van der Waals surface area contributed by atoms with Crippen LogP contribution in [0.15, 0.2) is 42.1 Å². The van der Waals surface area contributed by atoms with E-state index in [0.29, 0.717) is 18.4 Å². The number of nitrogens with one attached hydrogen (secondary N) is 1. The molecule has 0 aliphatic carbocycles. The first kappa shape index (κ1) is 15.9. The average molecular weight is 301 g/mol. The lowest BCUT2D eigenvalue weighted by atomic mass is 9.95. The Hall–Kier alpha value is -2.43. The van der Waals surface area contributed by atoms with E-state index < -0.39 is 11.9 Å². The van der Waals surface area contributed by atoms with Crippen LogP contribution in [0.4, 0.5) is 0 Å². The standard InChI is InChI=1S/C17H19NO4/c1-11(19)16(17(21)22-2)14-9-8-13(18-14)10-15(20)12-6-4-3-5-7-12/h3-7,10,14,16,18H,8-9H2,1-2H3/b13-10-. The number of benzene rings is 1. The Kier molecular flexibility index (Phi) is 5.09. The van der Waals surface area contributed by atoms with Gasteiger partial charge in [0.15, 0.2) is 5.78 Å². The van der Waals surface area contributed by atoms with Crippen molar-refractivity contribution in [3.05, 3.63) is 47.7 Å². The molecule has 22 heavy (non-hydrogen) atoms. The first-order valence-electron chi connectivity index (χ1n) is 7.17. The van der Waals surface area contributed by atoms with E-state index in [2.05, 4.69) is 10.1 Å². The zero-order chi connectivity index (χ0) is 16.1. The lowest BCUT2D eigenvalue weighted by Crippen LogP contribution is -2.40. The fourth-order valence-corrected chi connectivity index (χ4v) is 2.64. The van der Waals surface area contributed by atoms with Gasteiger partial charge in [0.05, 0.1) is 7.11 Å². The van der Waals surface area contributed by atoms with Crippen LogP contribution in [-0.2, 0) is 14.3 Å². The van der Waals surface area contributed by atoms with Crippen molar-refractivity contribution in [1.82, 2.24) is 5.32 Å². The number of carbonyl (C=O) groups excluding carboxylic acids is 3. The fraction of sp³-hybridized carbons (Fsp3) is 0.353. The summed E-state index contributed by atoms with van der Waals surface area (Å²) in [6, 6.07) is 8.64. The van der Waals surface area contributed by atoms with Gasteiger partial charge >= 0.3 is 5.97 Å². The quantitative estimate of drug-likeness (QED) is 0.389. The van der Waals surface area contributed by atoms with E-state index in [1.54, 1.807) is 24.3 Å². The SMILES string of the molecule is COC(=O)C(C(C)=O)C1CC/C(=C/C(=O)c2ccccc2)N1. The third kappa shape index (κ3) is 3.61. The van der Waals surface area contributed by atoms with Crippen LogP contribution in [0.5, 0.6) is 0 Å². The van der Waals surface area contributed by atoms with Crippen LogP contribution in [0.3, 0.4) is 0 Å². The number of carbonyl (C=O) groups is 3. The van der Waals surface area contributed by atoms with E-state index in [1.165, 1.54) is 20.1 Å². The third-order valence-electron chi connectivity index (χ3n) is 3.75. The molecule has 1 aromatic carbocycles. The summed E-state index contributed by atoms with van der Waals surface area (Å²) in [6.45, 7) is 1.38. The van der Waals surface area contributed by atoms with Crippen LogP contribution < -0.4 is 5.32 Å². The second kappa shape index (κ2) is 7.02. The van der Waals surface area contributed by atoms with Gasteiger partial charge in [0.1, 0.15) is 11.7 Å². The molecule has 0 spiro atoms. The Morgan fingerprint density at radius 1 is 1.27 bits per heavy atom. The summed E-state index contributed by atoms with van der Waals surface area (Å²) in [5.41, 5.74) is 1.35. The predicted octanol–water partition coefficient (Wildman–Crippen LogP) is 1.88. The summed E-state index contributed by atoms with van der Waals surface area (Å²) in [4.78, 5) is 35.5. The van der Waals surface area contributed by atoms with Crippen molar-refractivity contribution >= 4 is 17.5 Å². The highest BCUT2D eigenvalue weighted by Crippen LogP contribution is 2.23. The van der Waals surface area contributed by atoms with Crippen LogP contribution in [-0.4, -0.2) is 30.7 Å². The molecule has 1 aliphatic heterocycles. The molecule has 0 amide bonds. The number of methoxy groups -OCH3 is 1. The van der Waals surface area contributed by atoms with Gasteiger partial charge in [-0.3, -0.25) is 14.4 Å². The van der Waals surface area contributed by atoms with Crippen molar-refractivity contribution in [2.24, 2.45) is 5.92 Å². The number of rotatable bonds is 5. The van der Waals surface area contributed by atoms with Gasteiger partial charge in [-0.15, -0.1) is 0 Å². The highest BCUT2D eigenvalue weighted by atomic mass is 16.5. The van der Waals surface area contributed by atoms with Crippen LogP contribution >= 0.6 is 0 Å². The Morgan fingerprint density at radius 3 is 2.55 bits per heavy atom. The van der Waals surface area contributed by atoms with E-state index in [4.69, 9.17) is 0 Å². The van der Waals surface area contributed by atoms with Crippen molar-refractivity contribution in [1.29, 1.82) is 0 Å². The van der Waals surface area contributed by atoms with Gasteiger partial charge in [-0.05, 0) is 19.8 Å². The van der Waals surface area contributed by atoms with Gasteiger partial charge in [-0.2, -0.15) is 0 Å². The molecule has 1 saturated heterocycles. The van der Waals surface area contributed by atoms with Gasteiger partial charge in [0.2, 0.25) is 0 Å². The number of hydrogen-bond acceptors (Lipinski definition) is 5. The van der Waals surface area contributed by atoms with Gasteiger partial charge in [-0.25, -0.2) is 0 Å². The zero-order valence-electron chi connectivity index (χ0n) is 12.7. The number of allylic oxidation sites excluding steroid dienone is 2. The van der Waals surface area contributed by atoms with E-state index in [-0.39, 0.29) is 17.6 Å². The van der Waals surface area contributed by atoms with Gasteiger partial charge in [0, 0.05) is 23.4 Å². The van der Waals surface area contributed by atoms with Crippen molar-refractivity contribution in [2.45, 2.75) is 25.8 Å². The van der Waals surface area contributed by atoms with E-state index in [1.807, 2.05) is 6.07 Å². The molecular weight excluding hydrogens is 282 g/mol. The second-order valence-electron chi connectivity index (χ2n) is 5.30. The maximum Gasteiger partial charge on any atom is 0.318 e. The highest BCUT2D eigenvalue weighted by Gasteiger charge is 2.36. The van der Waals surface area contributed by atoms with Crippen LogP contribution in [0.25, 0.3) is 0 Å². The molecule has 1 N–H and O–H groups in total. The second-order valence-corrected chi connectivity index (χ2v) is 5.30. The monoisotopic (exact) mass is 301 g/mol. The maximum atomic E-state index is 12.1. The van der Waals surface area contributed by atoms with Crippen LogP contribution in [0.2, 0.25) is 0 Å². The minimum absolute atomic E-state index is 0.0961. The molecular formula is C17H19NO4. The van der Waals surface area contributed by atoms with Crippen molar-refractivity contribution in [2.75, 3.05) is 7.11 Å². The number of ether oxygens (including phenoxy) is 1. The summed E-state index contributed by atoms with van der Waals surface area (Å²) >= 11 is 0.